The number of carbonyl (C=O) groups excluding carboxylic acids is 3. The van der Waals surface area contributed by atoms with Gasteiger partial charge in [0.15, 0.2) is 12.1 Å². The minimum Gasteiger partial charge on any atom is -0.463 e. The molecule has 48 heavy (non-hydrogen) atoms. The highest BCUT2D eigenvalue weighted by atomic mass is 16.7. The quantitative estimate of drug-likeness (QED) is 0.304. The van der Waals surface area contributed by atoms with Crippen LogP contribution in [-0.4, -0.2) is 146 Å². The molecule has 3 heterocycles. The van der Waals surface area contributed by atoms with E-state index < -0.39 is 46.9 Å². The molecule has 8 atom stereocenters. The summed E-state index contributed by atoms with van der Waals surface area (Å²) in [7, 11) is 7.52. The van der Waals surface area contributed by atoms with Gasteiger partial charge in [0.2, 0.25) is 5.91 Å². The van der Waals surface area contributed by atoms with E-state index in [1.807, 2.05) is 37.7 Å². The van der Waals surface area contributed by atoms with Gasteiger partial charge in [-0.25, -0.2) is 0 Å². The Balaban J connectivity index is 1.59. The number of likely N-dealkylation sites (N-methyl/N-ethyl adjacent to an activating group) is 2. The van der Waals surface area contributed by atoms with E-state index >= 15 is 0 Å². The van der Waals surface area contributed by atoms with Crippen molar-refractivity contribution in [3.63, 3.8) is 0 Å². The molecule has 3 aliphatic heterocycles. The fraction of sp³-hybridized carbons (Fsp3) is 0.917. The maximum Gasteiger partial charge on any atom is 0.319 e. The molecule has 0 aromatic carbocycles. The summed E-state index contributed by atoms with van der Waals surface area (Å²) < 4.78 is 25.1. The van der Waals surface area contributed by atoms with E-state index in [0.29, 0.717) is 57.9 Å². The number of likely N-dealkylation sites (tertiary alicyclic amines) is 1. The average molecular weight is 681 g/mol. The van der Waals surface area contributed by atoms with Crippen molar-refractivity contribution in [2.24, 2.45) is 17.3 Å². The van der Waals surface area contributed by atoms with Crippen molar-refractivity contribution in [1.29, 1.82) is 0 Å². The van der Waals surface area contributed by atoms with Crippen LogP contribution in [0.5, 0.6) is 0 Å². The Hall–Kier alpha value is -1.67. The molecule has 4 aliphatic rings. The first-order valence-electron chi connectivity index (χ1n) is 18.1. The number of ketones is 1. The first-order chi connectivity index (χ1) is 22.4. The van der Waals surface area contributed by atoms with Crippen LogP contribution in [0.2, 0.25) is 0 Å². The summed E-state index contributed by atoms with van der Waals surface area (Å²) in [5, 5.41) is 14.7. The van der Waals surface area contributed by atoms with Crippen LogP contribution in [0.15, 0.2) is 0 Å². The Kier molecular flexibility index (Phi) is 12.8. The largest absolute Gasteiger partial charge is 0.463 e. The standard InChI is InChI=1S/C36H64N4O8/c1-23-19-35(6,45-10)31(48-32-29(42)27(38(7)8)18-24(2)47-32)25(3)30(43)34(4,5)33(44)46-22-36(39(9)21-23)14-16-40(17-15-36)28(41)20-37-26-12-11-13-26/h23-27,29,31-32,37,42H,11-22H2,1-10H3/t23-,24-,25+,27+,29-,31-,32+,35-/m1/s1. The van der Waals surface area contributed by atoms with Crippen LogP contribution in [0.4, 0.5) is 0 Å². The molecule has 1 aliphatic carbocycles. The van der Waals surface area contributed by atoms with Crippen LogP contribution in [0.3, 0.4) is 0 Å². The van der Waals surface area contributed by atoms with Crippen LogP contribution in [0.25, 0.3) is 0 Å². The molecule has 3 saturated heterocycles. The number of cyclic esters (lactones) is 1. The topological polar surface area (TPSA) is 130 Å². The fourth-order valence-corrected chi connectivity index (χ4v) is 8.28. The molecule has 0 aromatic heterocycles. The zero-order chi connectivity index (χ0) is 35.6. The lowest BCUT2D eigenvalue weighted by molar-refractivity contribution is -0.295. The molecule has 1 spiro atoms. The van der Waals surface area contributed by atoms with E-state index in [2.05, 4.69) is 24.2 Å². The molecule has 1 saturated carbocycles. The van der Waals surface area contributed by atoms with Gasteiger partial charge in [0.05, 0.1) is 29.9 Å². The van der Waals surface area contributed by atoms with E-state index in [1.54, 1.807) is 27.9 Å². The maximum absolute atomic E-state index is 14.3. The minimum atomic E-state index is -1.47. The zero-order valence-electron chi connectivity index (χ0n) is 31.3. The molecule has 276 valence electrons. The number of ether oxygens (including phenoxy) is 4. The fourth-order valence-electron chi connectivity index (χ4n) is 8.28. The summed E-state index contributed by atoms with van der Waals surface area (Å²) in [6.07, 6.45) is 3.03. The summed E-state index contributed by atoms with van der Waals surface area (Å²) in [6.45, 7) is 13.4. The minimum absolute atomic E-state index is 0.0895. The van der Waals surface area contributed by atoms with Gasteiger partial charge >= 0.3 is 5.97 Å². The number of aliphatic hydroxyl groups is 1. The normalized spacial score (nSPS) is 37.3. The molecule has 1 amide bonds. The van der Waals surface area contributed by atoms with Gasteiger partial charge in [0.1, 0.15) is 18.1 Å². The number of piperidine rings is 1. The maximum atomic E-state index is 14.3. The van der Waals surface area contributed by atoms with Crippen molar-refractivity contribution in [2.75, 3.05) is 61.0 Å². The number of Topliss-reactive ketones (excluding diaryl/α,β-unsaturated/α-hetero) is 1. The molecule has 0 radical (unpaired) electrons. The van der Waals surface area contributed by atoms with E-state index in [4.69, 9.17) is 18.9 Å². The third-order valence-electron chi connectivity index (χ3n) is 11.9. The van der Waals surface area contributed by atoms with Crippen LogP contribution in [-0.2, 0) is 33.3 Å². The third kappa shape index (κ3) is 8.44. The summed E-state index contributed by atoms with van der Waals surface area (Å²) in [5.41, 5.74) is -2.92. The van der Waals surface area contributed by atoms with Gasteiger partial charge in [-0.3, -0.25) is 19.3 Å². The molecule has 4 rings (SSSR count). The molecule has 2 N–H and O–H groups in total. The van der Waals surface area contributed by atoms with E-state index in [-0.39, 0.29) is 36.4 Å². The van der Waals surface area contributed by atoms with E-state index in [9.17, 15) is 19.5 Å². The highest BCUT2D eigenvalue weighted by Crippen LogP contribution is 2.39. The van der Waals surface area contributed by atoms with Gasteiger partial charge in [-0.15, -0.1) is 0 Å². The second-order valence-electron chi connectivity index (χ2n) is 16.3. The second kappa shape index (κ2) is 15.7. The molecule has 0 unspecified atom stereocenters. The van der Waals surface area contributed by atoms with Crippen molar-refractivity contribution in [3.8, 4) is 0 Å². The Morgan fingerprint density at radius 1 is 1.10 bits per heavy atom. The number of carbonyl (C=O) groups is 3. The Bertz CT molecular complexity index is 1120. The molecule has 12 heteroatoms. The summed E-state index contributed by atoms with van der Waals surface area (Å²) in [6, 6.07) is 0.257. The van der Waals surface area contributed by atoms with E-state index in [0.717, 1.165) is 12.8 Å². The lowest BCUT2D eigenvalue weighted by atomic mass is 9.74. The number of methoxy groups -OCH3 is 1. The predicted octanol–water partition coefficient (Wildman–Crippen LogP) is 2.45. The molecule has 4 fully saturated rings. The number of nitrogens with one attached hydrogen (secondary N) is 1. The van der Waals surface area contributed by atoms with Gasteiger partial charge in [0, 0.05) is 44.7 Å². The Labute approximate surface area is 288 Å². The summed E-state index contributed by atoms with van der Waals surface area (Å²) >= 11 is 0. The van der Waals surface area contributed by atoms with Gasteiger partial charge in [-0.2, -0.15) is 0 Å². The lowest BCUT2D eigenvalue weighted by Crippen LogP contribution is -2.60. The zero-order valence-corrected chi connectivity index (χ0v) is 31.3. The van der Waals surface area contributed by atoms with Crippen LogP contribution >= 0.6 is 0 Å². The van der Waals surface area contributed by atoms with Gasteiger partial charge in [-0.1, -0.05) is 20.3 Å². The smallest absolute Gasteiger partial charge is 0.319 e. The van der Waals surface area contributed by atoms with Crippen molar-refractivity contribution in [1.82, 2.24) is 20.0 Å². The van der Waals surface area contributed by atoms with Crippen LogP contribution < -0.4 is 5.32 Å². The van der Waals surface area contributed by atoms with Gasteiger partial charge in [0.25, 0.3) is 0 Å². The highest BCUT2D eigenvalue weighted by molar-refractivity contribution is 6.04. The van der Waals surface area contributed by atoms with Crippen LogP contribution in [0.1, 0.15) is 86.5 Å². The average Bonchev–Trinajstić information content (AvgIpc) is 3.01. The van der Waals surface area contributed by atoms with Gasteiger partial charge in [-0.05, 0) is 93.3 Å². The van der Waals surface area contributed by atoms with Crippen molar-refractivity contribution >= 4 is 17.7 Å². The Morgan fingerprint density at radius 3 is 2.31 bits per heavy atom. The van der Waals surface area contributed by atoms with Crippen molar-refractivity contribution in [3.05, 3.63) is 0 Å². The molecule has 12 nitrogen and oxygen atoms in total. The number of amides is 1. The first kappa shape index (κ1) is 39.1. The van der Waals surface area contributed by atoms with E-state index in [1.165, 1.54) is 6.42 Å². The van der Waals surface area contributed by atoms with Gasteiger partial charge < -0.3 is 39.2 Å². The molecular formula is C36H64N4O8. The number of aliphatic hydroxyl groups excluding tert-OH is 1. The SMILES string of the molecule is CO[C@]1(C)C[C@@H](C)CN(C)C2(CCN(C(=O)CNC3CCC3)CC2)COC(=O)C(C)(C)C(=O)[C@H](C)[C@H]1O[C@@H]1O[C@H](C)C[C@H](N(C)C)[C@H]1O. The summed E-state index contributed by atoms with van der Waals surface area (Å²) in [5.74, 6) is -1.50. The highest BCUT2D eigenvalue weighted by Gasteiger charge is 2.52. The monoisotopic (exact) mass is 680 g/mol. The van der Waals surface area contributed by atoms with Crippen LogP contribution in [0, 0.1) is 17.3 Å². The van der Waals surface area contributed by atoms with Crippen molar-refractivity contribution in [2.45, 2.75) is 134 Å². The first-order valence-corrected chi connectivity index (χ1v) is 18.1. The Morgan fingerprint density at radius 2 is 1.75 bits per heavy atom. The second-order valence-corrected chi connectivity index (χ2v) is 16.3. The number of hydrogen-bond donors (Lipinski definition) is 2. The number of hydrogen-bond acceptors (Lipinski definition) is 11. The third-order valence-corrected chi connectivity index (χ3v) is 11.9. The van der Waals surface area contributed by atoms with Crippen molar-refractivity contribution < 1.29 is 38.4 Å². The number of rotatable bonds is 7. The molecule has 0 aromatic rings. The number of nitrogens with zero attached hydrogens (tertiary/aromatic N) is 3. The predicted molar refractivity (Wildman–Crippen MR) is 182 cm³/mol. The molecular weight excluding hydrogens is 616 g/mol. The summed E-state index contributed by atoms with van der Waals surface area (Å²) in [4.78, 5) is 47.3. The lowest BCUT2D eigenvalue weighted by Gasteiger charge is -2.48. The number of esters is 1. The molecule has 0 bridgehead atoms.